The van der Waals surface area contributed by atoms with Gasteiger partial charge in [0.2, 0.25) is 0 Å². The number of alkyl halides is 1. The van der Waals surface area contributed by atoms with Gasteiger partial charge in [-0.05, 0) is 0 Å². The molecule has 8 heavy (non-hydrogen) atoms. The fourth-order valence-corrected chi connectivity index (χ4v) is 1.48. The van der Waals surface area contributed by atoms with Gasteiger partial charge in [-0.1, -0.05) is 0 Å². The number of aliphatic hydroxyl groups is 1. The Morgan fingerprint density at radius 2 is 2.25 bits per heavy atom. The second kappa shape index (κ2) is 2.45. The van der Waals surface area contributed by atoms with Crippen LogP contribution in [0, 0.1) is 0 Å². The molecule has 1 saturated heterocycles. The van der Waals surface area contributed by atoms with E-state index in [4.69, 9.17) is 5.11 Å². The van der Waals surface area contributed by atoms with Gasteiger partial charge in [0.1, 0.15) is 6.17 Å². The smallest absolute Gasteiger partial charge is 0.141 e. The molecule has 0 aromatic carbocycles. The number of halogens is 2. The average molecular weight is 231 g/mol. The van der Waals surface area contributed by atoms with Gasteiger partial charge < -0.3 is 5.11 Å². The van der Waals surface area contributed by atoms with E-state index < -0.39 is 12.3 Å². The van der Waals surface area contributed by atoms with Crippen molar-refractivity contribution in [2.24, 2.45) is 0 Å². The predicted molar refractivity (Wildman–Crippen MR) is 36.5 cm³/mol. The van der Waals surface area contributed by atoms with Crippen LogP contribution in [0.25, 0.3) is 0 Å². The summed E-state index contributed by atoms with van der Waals surface area (Å²) >= 11 is 2.00. The molecule has 0 spiro atoms. The van der Waals surface area contributed by atoms with Crippen LogP contribution >= 0.6 is 22.9 Å². The Kier molecular flexibility index (Phi) is 2.05. The maximum atomic E-state index is 12.3. The van der Waals surface area contributed by atoms with E-state index in [0.29, 0.717) is 13.1 Å². The molecule has 1 fully saturated rings. The Labute approximate surface area is 61.2 Å². The van der Waals surface area contributed by atoms with Crippen LogP contribution < -0.4 is 0 Å². The maximum absolute atomic E-state index is 12.3. The van der Waals surface area contributed by atoms with Gasteiger partial charge in [0.25, 0.3) is 0 Å². The van der Waals surface area contributed by atoms with Gasteiger partial charge in [0, 0.05) is 36.0 Å². The molecule has 2 unspecified atom stereocenters. The summed E-state index contributed by atoms with van der Waals surface area (Å²) in [5.74, 6) is 0. The van der Waals surface area contributed by atoms with Gasteiger partial charge in [-0.2, -0.15) is 0 Å². The lowest BCUT2D eigenvalue weighted by Crippen LogP contribution is -2.17. The first-order valence-electron chi connectivity index (χ1n) is 2.43. The molecule has 0 aromatic rings. The molecule has 1 aliphatic heterocycles. The quantitative estimate of drug-likeness (QED) is 0.480. The highest BCUT2D eigenvalue weighted by Crippen LogP contribution is 2.16. The fraction of sp³-hybridized carbons (Fsp3) is 1.00. The van der Waals surface area contributed by atoms with Crippen molar-refractivity contribution in [3.8, 4) is 0 Å². The minimum atomic E-state index is -1.04. The van der Waals surface area contributed by atoms with E-state index in [-0.39, 0.29) is 0 Å². The first-order chi connectivity index (χ1) is 3.70. The third kappa shape index (κ3) is 1.29. The molecule has 2 nitrogen and oxygen atoms in total. The third-order valence-corrected chi connectivity index (χ3v) is 1.96. The first-order valence-corrected chi connectivity index (χ1v) is 3.39. The Morgan fingerprint density at radius 3 is 2.38 bits per heavy atom. The van der Waals surface area contributed by atoms with Gasteiger partial charge in [-0.15, -0.1) is 0 Å². The monoisotopic (exact) mass is 231 g/mol. The molecule has 0 aromatic heterocycles. The van der Waals surface area contributed by atoms with E-state index in [1.165, 1.54) is 0 Å². The van der Waals surface area contributed by atoms with Crippen LogP contribution in [0.15, 0.2) is 0 Å². The summed E-state index contributed by atoms with van der Waals surface area (Å²) in [7, 11) is 0. The molecule has 48 valence electrons. The fourth-order valence-electron chi connectivity index (χ4n) is 0.703. The topological polar surface area (TPSA) is 23.5 Å². The molecule has 0 radical (unpaired) electrons. The van der Waals surface area contributed by atoms with Crippen LogP contribution in [0.3, 0.4) is 0 Å². The summed E-state index contributed by atoms with van der Waals surface area (Å²) in [6, 6.07) is 0. The third-order valence-electron chi connectivity index (χ3n) is 1.18. The lowest BCUT2D eigenvalue weighted by atomic mass is 10.3. The zero-order valence-corrected chi connectivity index (χ0v) is 6.38. The van der Waals surface area contributed by atoms with Gasteiger partial charge in [-0.25, -0.2) is 7.50 Å². The molecule has 0 saturated carbocycles. The van der Waals surface area contributed by atoms with Crippen molar-refractivity contribution in [3.63, 3.8) is 0 Å². The maximum Gasteiger partial charge on any atom is 0.141 e. The standard InChI is InChI=1S/C4H7FINO/c5-3-1-7(6)2-4(3)8/h3-4,8H,1-2H2. The number of hydrogen-bond acceptors (Lipinski definition) is 2. The van der Waals surface area contributed by atoms with Crippen molar-refractivity contribution < 1.29 is 9.50 Å². The molecule has 1 aliphatic rings. The normalized spacial score (nSPS) is 40.9. The highest BCUT2D eigenvalue weighted by atomic mass is 127. The van der Waals surface area contributed by atoms with Crippen LogP contribution in [0.1, 0.15) is 0 Å². The van der Waals surface area contributed by atoms with Crippen molar-refractivity contribution >= 4 is 22.9 Å². The van der Waals surface area contributed by atoms with Crippen molar-refractivity contribution in [3.05, 3.63) is 0 Å². The lowest BCUT2D eigenvalue weighted by Gasteiger charge is -1.99. The molecule has 0 aliphatic carbocycles. The zero-order valence-electron chi connectivity index (χ0n) is 4.22. The summed E-state index contributed by atoms with van der Waals surface area (Å²) in [6.45, 7) is 0.823. The minimum absolute atomic E-state index is 0.363. The number of rotatable bonds is 0. The minimum Gasteiger partial charge on any atom is -0.389 e. The molecule has 0 bridgehead atoms. The van der Waals surface area contributed by atoms with E-state index in [1.807, 2.05) is 22.9 Å². The number of nitrogens with zero attached hydrogens (tertiary/aromatic N) is 1. The average Bonchev–Trinajstić information content (AvgIpc) is 1.85. The van der Waals surface area contributed by atoms with Crippen LogP contribution in [0.4, 0.5) is 4.39 Å². The Morgan fingerprint density at radius 1 is 1.62 bits per heavy atom. The largest absolute Gasteiger partial charge is 0.389 e. The zero-order chi connectivity index (χ0) is 6.15. The second-order valence-electron chi connectivity index (χ2n) is 1.91. The summed E-state index contributed by atoms with van der Waals surface area (Å²) in [5, 5.41) is 8.75. The van der Waals surface area contributed by atoms with E-state index in [9.17, 15) is 4.39 Å². The molecule has 0 amide bonds. The van der Waals surface area contributed by atoms with Crippen molar-refractivity contribution in [2.75, 3.05) is 13.1 Å². The van der Waals surface area contributed by atoms with Crippen LogP contribution in [-0.4, -0.2) is 33.6 Å². The highest BCUT2D eigenvalue weighted by Gasteiger charge is 2.29. The Bertz CT molecular complexity index is 82.1. The molecular weight excluding hydrogens is 224 g/mol. The van der Waals surface area contributed by atoms with E-state index in [2.05, 4.69) is 0 Å². The summed E-state index contributed by atoms with van der Waals surface area (Å²) in [5.41, 5.74) is 0. The lowest BCUT2D eigenvalue weighted by molar-refractivity contribution is 0.117. The molecule has 1 N–H and O–H groups in total. The van der Waals surface area contributed by atoms with Crippen LogP contribution in [0.5, 0.6) is 0 Å². The van der Waals surface area contributed by atoms with Gasteiger partial charge in [-0.3, -0.25) is 0 Å². The van der Waals surface area contributed by atoms with Crippen LogP contribution in [-0.2, 0) is 0 Å². The Hall–Kier alpha value is 0.580. The van der Waals surface area contributed by atoms with Crippen molar-refractivity contribution in [2.45, 2.75) is 12.3 Å². The number of aliphatic hydroxyl groups excluding tert-OH is 1. The second-order valence-corrected chi connectivity index (χ2v) is 3.28. The van der Waals surface area contributed by atoms with Gasteiger partial charge in [0.15, 0.2) is 0 Å². The number of β-amino-alcohol motifs (C(OH)–C–C–N with tert-alkyl or cyclic N) is 1. The molecule has 2 atom stereocenters. The summed E-state index contributed by atoms with van der Waals surface area (Å²) < 4.78 is 14.0. The van der Waals surface area contributed by atoms with Gasteiger partial charge >= 0.3 is 0 Å². The molecule has 4 heteroatoms. The molecular formula is C4H7FINO. The van der Waals surface area contributed by atoms with Crippen LogP contribution in [0.2, 0.25) is 0 Å². The first kappa shape index (κ1) is 6.70. The SMILES string of the molecule is OC1CN(I)CC1F. The van der Waals surface area contributed by atoms with E-state index in [0.717, 1.165) is 0 Å². The van der Waals surface area contributed by atoms with Crippen molar-refractivity contribution in [1.82, 2.24) is 3.11 Å². The van der Waals surface area contributed by atoms with Gasteiger partial charge in [0.05, 0.1) is 6.10 Å². The number of hydrogen-bond donors (Lipinski definition) is 1. The summed E-state index contributed by atoms with van der Waals surface area (Å²) in [4.78, 5) is 0. The van der Waals surface area contributed by atoms with E-state index in [1.54, 1.807) is 3.11 Å². The summed E-state index contributed by atoms with van der Waals surface area (Å²) in [6.07, 6.45) is -1.79. The van der Waals surface area contributed by atoms with E-state index >= 15 is 0 Å². The molecule has 1 heterocycles. The predicted octanol–water partition coefficient (Wildman–Crippen LogP) is 0.351. The highest BCUT2D eigenvalue weighted by molar-refractivity contribution is 14.1. The van der Waals surface area contributed by atoms with Crippen molar-refractivity contribution in [1.29, 1.82) is 0 Å². The Balaban J connectivity index is 2.39. The molecule has 1 rings (SSSR count).